The molecule has 0 aromatic heterocycles. The van der Waals surface area contributed by atoms with E-state index < -0.39 is 18.3 Å². The smallest absolute Gasteiger partial charge is 0.122 e. The lowest BCUT2D eigenvalue weighted by molar-refractivity contribution is 0.0750. The topological polar surface area (TPSA) is 162 Å². The molecule has 3 saturated heterocycles. The summed E-state index contributed by atoms with van der Waals surface area (Å²) in [4.78, 5) is 6.59. The molecule has 15 nitrogen and oxygen atoms in total. The van der Waals surface area contributed by atoms with Crippen molar-refractivity contribution in [2.75, 3.05) is 120 Å². The number of aliphatic hydroxyl groups excluding tert-OH is 3. The Morgan fingerprint density at radius 1 is 0.372 bits per heavy atom. The van der Waals surface area contributed by atoms with Gasteiger partial charge in [-0.2, -0.15) is 0 Å². The van der Waals surface area contributed by atoms with Crippen LogP contribution in [0.2, 0.25) is 0 Å². The molecule has 0 spiro atoms. The number of rotatable bonds is 27. The zero-order valence-electron chi connectivity index (χ0n) is 46.1. The molecule has 6 N–H and O–H groups in total. The minimum atomic E-state index is -0.482. The van der Waals surface area contributed by atoms with Crippen LogP contribution < -0.4 is 44.4 Å². The average Bonchev–Trinajstić information content (AvgIpc) is 4.32. The summed E-state index contributed by atoms with van der Waals surface area (Å²) in [6.07, 6.45) is 4.06. The number of hydrogen-bond donors (Lipinski definition) is 6. The molecular weight excluding hydrogens is 985 g/mol. The van der Waals surface area contributed by atoms with Gasteiger partial charge in [0, 0.05) is 78.9 Å². The van der Waals surface area contributed by atoms with E-state index >= 15 is 0 Å². The summed E-state index contributed by atoms with van der Waals surface area (Å²) < 4.78 is 33.4. The summed E-state index contributed by atoms with van der Waals surface area (Å²) in [5.74, 6) is 5.21. The predicted molar refractivity (Wildman–Crippen MR) is 308 cm³/mol. The van der Waals surface area contributed by atoms with Crippen molar-refractivity contribution in [2.45, 2.75) is 56.8 Å². The third-order valence-corrected chi connectivity index (χ3v) is 14.0. The second-order valence-electron chi connectivity index (χ2n) is 20.0. The first-order valence-electron chi connectivity index (χ1n) is 27.6. The van der Waals surface area contributed by atoms with Crippen molar-refractivity contribution < 1.29 is 43.7 Å². The molecule has 0 saturated carbocycles. The first-order valence-corrected chi connectivity index (χ1v) is 27.6. The molecule has 0 amide bonds. The SMILES string of the molecule is COc1ccc(CCc2ccccc2OCC(O)CN2CCNC2)cc1.COc1ccc(CCc2ccccc2OC[C@@H](O)CN2CCNC2)cc1.COc1ccc(CCc2ccccc2OC[C@H](O)CN2CCNC2)cc1. The minimum Gasteiger partial charge on any atom is -0.497 e. The van der Waals surface area contributed by atoms with Crippen LogP contribution >= 0.6 is 0 Å². The van der Waals surface area contributed by atoms with Gasteiger partial charge in [0.05, 0.1) is 21.3 Å². The van der Waals surface area contributed by atoms with Crippen LogP contribution in [0, 0.1) is 0 Å². The number of nitrogens with one attached hydrogen (secondary N) is 3. The highest BCUT2D eigenvalue weighted by Crippen LogP contribution is 2.25. The number of benzene rings is 6. The number of methoxy groups -OCH3 is 3. The number of β-amino-alcohol motifs (C(OH)–C–C–N with tert-alkyl or cyclic N) is 3. The van der Waals surface area contributed by atoms with Crippen molar-refractivity contribution in [1.29, 1.82) is 0 Å². The highest BCUT2D eigenvalue weighted by atomic mass is 16.5. The van der Waals surface area contributed by atoms with Crippen molar-refractivity contribution in [3.05, 3.63) is 179 Å². The monoisotopic (exact) mass is 1070 g/mol. The Balaban J connectivity index is 0.000000170. The first-order chi connectivity index (χ1) is 38.2. The van der Waals surface area contributed by atoms with E-state index in [0.29, 0.717) is 39.5 Å². The highest BCUT2D eigenvalue weighted by molar-refractivity contribution is 5.38. The third kappa shape index (κ3) is 20.9. The van der Waals surface area contributed by atoms with E-state index in [1.807, 2.05) is 91.0 Å². The van der Waals surface area contributed by atoms with Crippen LogP contribution in [0.5, 0.6) is 34.5 Å². The molecule has 78 heavy (non-hydrogen) atoms. The van der Waals surface area contributed by atoms with Gasteiger partial charge in [-0.1, -0.05) is 91.0 Å². The summed E-state index contributed by atoms with van der Waals surface area (Å²) in [6, 6.07) is 48.7. The van der Waals surface area contributed by atoms with Gasteiger partial charge >= 0.3 is 0 Å². The maximum Gasteiger partial charge on any atom is 0.122 e. The van der Waals surface area contributed by atoms with Crippen LogP contribution in [0.1, 0.15) is 33.4 Å². The number of nitrogens with zero attached hydrogens (tertiary/aromatic N) is 3. The molecule has 3 aliphatic heterocycles. The van der Waals surface area contributed by atoms with Crippen LogP contribution in [0.3, 0.4) is 0 Å². The molecule has 1 unspecified atom stereocenters. The van der Waals surface area contributed by atoms with Crippen LogP contribution in [-0.4, -0.2) is 168 Å². The van der Waals surface area contributed by atoms with Gasteiger partial charge in [0.2, 0.25) is 0 Å². The fourth-order valence-electron chi connectivity index (χ4n) is 9.51. The molecule has 3 fully saturated rings. The molecule has 6 aromatic carbocycles. The number of aryl methyl sites for hydroxylation is 6. The van der Waals surface area contributed by atoms with Gasteiger partial charge in [-0.05, 0) is 127 Å². The van der Waals surface area contributed by atoms with E-state index in [-0.39, 0.29) is 0 Å². The van der Waals surface area contributed by atoms with Gasteiger partial charge in [-0.15, -0.1) is 0 Å². The first kappa shape index (κ1) is 59.4. The molecule has 3 heterocycles. The lowest BCUT2D eigenvalue weighted by Gasteiger charge is -2.20. The zero-order valence-corrected chi connectivity index (χ0v) is 46.1. The van der Waals surface area contributed by atoms with Gasteiger partial charge in [0.15, 0.2) is 0 Å². The summed E-state index contributed by atoms with van der Waals surface area (Å²) in [6.45, 7) is 11.3. The summed E-state index contributed by atoms with van der Waals surface area (Å²) in [7, 11) is 5.03. The predicted octanol–water partition coefficient (Wildman–Crippen LogP) is 6.25. The Labute approximate surface area is 463 Å². The van der Waals surface area contributed by atoms with Crippen molar-refractivity contribution in [3.63, 3.8) is 0 Å². The Kier molecular flexibility index (Phi) is 25.3. The Hall–Kier alpha value is -6.24. The van der Waals surface area contributed by atoms with Crippen LogP contribution in [-0.2, 0) is 38.5 Å². The largest absolute Gasteiger partial charge is 0.497 e. The second kappa shape index (κ2) is 33.3. The van der Waals surface area contributed by atoms with Gasteiger partial charge in [-0.3, -0.25) is 14.7 Å². The fraction of sp³-hybridized carbons (Fsp3) is 0.429. The molecule has 3 atom stereocenters. The van der Waals surface area contributed by atoms with E-state index in [2.05, 4.69) is 85.2 Å². The Morgan fingerprint density at radius 2 is 0.641 bits per heavy atom. The van der Waals surface area contributed by atoms with Gasteiger partial charge < -0.3 is 59.7 Å². The van der Waals surface area contributed by atoms with E-state index in [4.69, 9.17) is 28.4 Å². The minimum absolute atomic E-state index is 0.316. The molecule has 420 valence electrons. The average molecular weight is 1070 g/mol. The summed E-state index contributed by atoms with van der Waals surface area (Å²) >= 11 is 0. The van der Waals surface area contributed by atoms with Crippen LogP contribution in [0.4, 0.5) is 0 Å². The second-order valence-corrected chi connectivity index (χ2v) is 20.0. The number of ether oxygens (including phenoxy) is 6. The highest BCUT2D eigenvalue weighted by Gasteiger charge is 2.19. The lowest BCUT2D eigenvalue weighted by atomic mass is 10.0. The molecule has 0 aliphatic carbocycles. The van der Waals surface area contributed by atoms with Crippen LogP contribution in [0.25, 0.3) is 0 Å². The third-order valence-electron chi connectivity index (χ3n) is 14.0. The Bertz CT molecular complexity index is 2290. The molecule has 6 aromatic rings. The van der Waals surface area contributed by atoms with Crippen molar-refractivity contribution >= 4 is 0 Å². The van der Waals surface area contributed by atoms with E-state index in [1.54, 1.807) is 21.3 Å². The quantitative estimate of drug-likeness (QED) is 0.0344. The van der Waals surface area contributed by atoms with Gasteiger partial charge in [-0.25, -0.2) is 0 Å². The van der Waals surface area contributed by atoms with Crippen molar-refractivity contribution in [3.8, 4) is 34.5 Å². The maximum atomic E-state index is 10.2. The number of hydrogen-bond acceptors (Lipinski definition) is 15. The van der Waals surface area contributed by atoms with Crippen molar-refractivity contribution in [1.82, 2.24) is 30.7 Å². The summed E-state index contributed by atoms with van der Waals surface area (Å²) in [5, 5.41) is 40.4. The number of aliphatic hydroxyl groups is 3. The lowest BCUT2D eigenvalue weighted by Crippen LogP contribution is -2.34. The molecule has 3 aliphatic rings. The molecule has 0 radical (unpaired) electrons. The normalized spacial score (nSPS) is 15.8. The molecular formula is C63H84N6O9. The molecule has 15 heteroatoms. The maximum absolute atomic E-state index is 10.2. The molecule has 9 rings (SSSR count). The summed E-state index contributed by atoms with van der Waals surface area (Å²) in [5.41, 5.74) is 7.29. The fourth-order valence-corrected chi connectivity index (χ4v) is 9.51. The van der Waals surface area contributed by atoms with E-state index in [0.717, 1.165) is 132 Å². The van der Waals surface area contributed by atoms with E-state index in [1.165, 1.54) is 33.4 Å². The van der Waals surface area contributed by atoms with Crippen molar-refractivity contribution in [2.24, 2.45) is 0 Å². The number of para-hydroxylation sites is 3. The zero-order chi connectivity index (χ0) is 54.6. The van der Waals surface area contributed by atoms with Gasteiger partial charge in [0.25, 0.3) is 0 Å². The standard InChI is InChI=1S/3C21H28N2O3/c3*1-25-20-10-7-17(8-11-20)6-9-18-4-2-3-5-21(18)26-15-19(24)14-23-13-12-22-16-23/h3*2-5,7-8,10-11,19,22,24H,6,9,12-16H2,1H3/t2*19-;/m10./s1. The van der Waals surface area contributed by atoms with Gasteiger partial charge in [0.1, 0.15) is 72.6 Å². The Morgan fingerprint density at radius 3 is 0.885 bits per heavy atom. The van der Waals surface area contributed by atoms with E-state index in [9.17, 15) is 15.3 Å². The molecule has 0 bridgehead atoms. The van der Waals surface area contributed by atoms with Crippen LogP contribution in [0.15, 0.2) is 146 Å².